The second kappa shape index (κ2) is 6.07. The minimum absolute atomic E-state index is 0.363. The number of hydrogen-bond donors (Lipinski definition) is 2. The van der Waals surface area contributed by atoms with Crippen LogP contribution in [0.1, 0.15) is 38.7 Å². The molecule has 1 fully saturated rings. The average molecular weight is 312 g/mol. The molecule has 0 spiro atoms. The van der Waals surface area contributed by atoms with Gasteiger partial charge in [-0.05, 0) is 53.1 Å². The van der Waals surface area contributed by atoms with Crippen molar-refractivity contribution >= 4 is 15.9 Å². The van der Waals surface area contributed by atoms with Crippen LogP contribution in [-0.2, 0) is 6.54 Å². The zero-order valence-corrected chi connectivity index (χ0v) is 12.7. The molecule has 0 bridgehead atoms. The van der Waals surface area contributed by atoms with Gasteiger partial charge in [0.15, 0.2) is 0 Å². The van der Waals surface area contributed by atoms with E-state index in [9.17, 15) is 5.11 Å². The van der Waals surface area contributed by atoms with Crippen molar-refractivity contribution in [1.29, 1.82) is 0 Å². The molecule has 0 aliphatic heterocycles. The summed E-state index contributed by atoms with van der Waals surface area (Å²) in [5.74, 6) is 1.98. The first-order chi connectivity index (χ1) is 8.56. The van der Waals surface area contributed by atoms with Crippen molar-refractivity contribution in [3.05, 3.63) is 28.2 Å². The Morgan fingerprint density at radius 2 is 1.89 bits per heavy atom. The number of phenolic OH excluding ortho intramolecular Hbond substituents is 1. The van der Waals surface area contributed by atoms with Crippen LogP contribution in [0.25, 0.3) is 0 Å². The lowest BCUT2D eigenvalue weighted by Gasteiger charge is -2.32. The molecule has 0 radical (unpaired) electrons. The smallest absolute Gasteiger partial charge is 0.134 e. The molecule has 2 unspecified atom stereocenters. The Morgan fingerprint density at radius 1 is 1.22 bits per heavy atom. The van der Waals surface area contributed by atoms with E-state index in [1.807, 2.05) is 18.2 Å². The van der Waals surface area contributed by atoms with E-state index in [1.54, 1.807) is 0 Å². The van der Waals surface area contributed by atoms with Gasteiger partial charge in [0.05, 0.1) is 4.47 Å². The highest BCUT2D eigenvalue weighted by atomic mass is 79.9. The molecule has 1 aromatic carbocycles. The molecular formula is C15H22BrNO. The van der Waals surface area contributed by atoms with E-state index < -0.39 is 0 Å². The van der Waals surface area contributed by atoms with E-state index in [2.05, 4.69) is 35.1 Å². The number of hydrogen-bond acceptors (Lipinski definition) is 2. The van der Waals surface area contributed by atoms with Gasteiger partial charge in [0.25, 0.3) is 0 Å². The second-order valence-corrected chi connectivity index (χ2v) is 6.60. The molecule has 2 N–H and O–H groups in total. The number of rotatable bonds is 3. The van der Waals surface area contributed by atoms with E-state index in [1.165, 1.54) is 19.3 Å². The fourth-order valence-electron chi connectivity index (χ4n) is 3.07. The molecular weight excluding hydrogens is 290 g/mol. The van der Waals surface area contributed by atoms with Crippen LogP contribution in [-0.4, -0.2) is 11.1 Å². The van der Waals surface area contributed by atoms with Crippen molar-refractivity contribution in [2.75, 3.05) is 0 Å². The van der Waals surface area contributed by atoms with Gasteiger partial charge in [-0.2, -0.15) is 0 Å². The minimum Gasteiger partial charge on any atom is -0.506 e. The summed E-state index contributed by atoms with van der Waals surface area (Å²) >= 11 is 3.35. The normalized spacial score (nSPS) is 28.3. The van der Waals surface area contributed by atoms with Crippen molar-refractivity contribution in [2.45, 2.75) is 45.7 Å². The molecule has 1 aromatic rings. The SMILES string of the molecule is CC1CC(C)CC(NCc2cccc(Br)c2O)C1. The van der Waals surface area contributed by atoms with Crippen LogP contribution in [0.5, 0.6) is 5.75 Å². The topological polar surface area (TPSA) is 32.3 Å². The highest BCUT2D eigenvalue weighted by Gasteiger charge is 2.23. The van der Waals surface area contributed by atoms with Gasteiger partial charge in [-0.15, -0.1) is 0 Å². The quantitative estimate of drug-likeness (QED) is 0.882. The number of aromatic hydroxyl groups is 1. The summed E-state index contributed by atoms with van der Waals surface area (Å²) in [5, 5.41) is 13.5. The van der Waals surface area contributed by atoms with Gasteiger partial charge in [0, 0.05) is 18.2 Å². The summed E-state index contributed by atoms with van der Waals surface area (Å²) in [5.41, 5.74) is 0.968. The fraction of sp³-hybridized carbons (Fsp3) is 0.600. The predicted octanol–water partition coefficient (Wildman–Crippen LogP) is 4.07. The fourth-order valence-corrected chi connectivity index (χ4v) is 3.48. The summed E-state index contributed by atoms with van der Waals surface area (Å²) in [6.07, 6.45) is 3.85. The van der Waals surface area contributed by atoms with Crippen molar-refractivity contribution in [3.63, 3.8) is 0 Å². The Labute approximate surface area is 118 Å². The summed E-state index contributed by atoms with van der Waals surface area (Å²) < 4.78 is 0.771. The molecule has 2 rings (SSSR count). The number of para-hydroxylation sites is 1. The molecule has 1 saturated carbocycles. The first kappa shape index (κ1) is 13.9. The third kappa shape index (κ3) is 3.48. The van der Waals surface area contributed by atoms with E-state index in [4.69, 9.17) is 0 Å². The van der Waals surface area contributed by atoms with Crippen LogP contribution in [0.4, 0.5) is 0 Å². The van der Waals surface area contributed by atoms with Crippen LogP contribution >= 0.6 is 15.9 Å². The van der Waals surface area contributed by atoms with E-state index in [0.29, 0.717) is 11.8 Å². The molecule has 1 aliphatic rings. The van der Waals surface area contributed by atoms with E-state index in [0.717, 1.165) is 28.4 Å². The number of benzene rings is 1. The molecule has 0 saturated heterocycles. The highest BCUT2D eigenvalue weighted by Crippen LogP contribution is 2.30. The molecule has 100 valence electrons. The highest BCUT2D eigenvalue weighted by molar-refractivity contribution is 9.10. The molecule has 1 aliphatic carbocycles. The monoisotopic (exact) mass is 311 g/mol. The Morgan fingerprint density at radius 3 is 2.56 bits per heavy atom. The molecule has 2 nitrogen and oxygen atoms in total. The molecule has 0 aromatic heterocycles. The molecule has 0 heterocycles. The van der Waals surface area contributed by atoms with Crippen LogP contribution in [0, 0.1) is 11.8 Å². The zero-order chi connectivity index (χ0) is 13.1. The zero-order valence-electron chi connectivity index (χ0n) is 11.1. The molecule has 3 heteroatoms. The first-order valence-corrected chi connectivity index (χ1v) is 7.55. The Balaban J connectivity index is 1.93. The molecule has 18 heavy (non-hydrogen) atoms. The molecule has 0 amide bonds. The van der Waals surface area contributed by atoms with Gasteiger partial charge in [-0.25, -0.2) is 0 Å². The second-order valence-electron chi connectivity index (χ2n) is 5.74. The van der Waals surface area contributed by atoms with Crippen LogP contribution < -0.4 is 5.32 Å². The lowest BCUT2D eigenvalue weighted by Crippen LogP contribution is -2.35. The number of nitrogens with one attached hydrogen (secondary N) is 1. The van der Waals surface area contributed by atoms with Crippen LogP contribution in [0.3, 0.4) is 0 Å². The van der Waals surface area contributed by atoms with E-state index in [-0.39, 0.29) is 0 Å². The lowest BCUT2D eigenvalue weighted by molar-refractivity contribution is 0.237. The van der Waals surface area contributed by atoms with Crippen LogP contribution in [0.15, 0.2) is 22.7 Å². The Hall–Kier alpha value is -0.540. The summed E-state index contributed by atoms with van der Waals surface area (Å²) in [7, 11) is 0. The van der Waals surface area contributed by atoms with Gasteiger partial charge in [-0.1, -0.05) is 26.0 Å². The summed E-state index contributed by atoms with van der Waals surface area (Å²) in [4.78, 5) is 0. The number of halogens is 1. The maximum Gasteiger partial charge on any atom is 0.134 e. The lowest BCUT2D eigenvalue weighted by atomic mass is 9.80. The average Bonchev–Trinajstić information content (AvgIpc) is 2.30. The maximum atomic E-state index is 9.94. The third-order valence-corrected chi connectivity index (χ3v) is 4.47. The van der Waals surface area contributed by atoms with Crippen LogP contribution in [0.2, 0.25) is 0 Å². The standard InChI is InChI=1S/C15H22BrNO/c1-10-6-11(2)8-13(7-10)17-9-12-4-3-5-14(16)15(12)18/h3-5,10-11,13,17-18H,6-9H2,1-2H3. The number of phenols is 1. The van der Waals surface area contributed by atoms with Gasteiger partial charge >= 0.3 is 0 Å². The van der Waals surface area contributed by atoms with Crippen molar-refractivity contribution in [1.82, 2.24) is 5.32 Å². The largest absolute Gasteiger partial charge is 0.506 e. The maximum absolute atomic E-state index is 9.94. The first-order valence-electron chi connectivity index (χ1n) is 6.76. The third-order valence-electron chi connectivity index (χ3n) is 3.83. The molecule has 2 atom stereocenters. The van der Waals surface area contributed by atoms with Gasteiger partial charge in [0.2, 0.25) is 0 Å². The van der Waals surface area contributed by atoms with Crippen molar-refractivity contribution in [3.8, 4) is 5.75 Å². The Bertz CT molecular complexity index is 397. The minimum atomic E-state index is 0.363. The Kier molecular flexibility index (Phi) is 4.68. The predicted molar refractivity (Wildman–Crippen MR) is 78.6 cm³/mol. The summed E-state index contributed by atoms with van der Waals surface area (Å²) in [6.45, 7) is 5.41. The summed E-state index contributed by atoms with van der Waals surface area (Å²) in [6, 6.07) is 6.39. The van der Waals surface area contributed by atoms with Gasteiger partial charge < -0.3 is 10.4 Å². The van der Waals surface area contributed by atoms with Crippen molar-refractivity contribution in [2.24, 2.45) is 11.8 Å². The van der Waals surface area contributed by atoms with E-state index >= 15 is 0 Å². The van der Waals surface area contributed by atoms with Crippen molar-refractivity contribution < 1.29 is 5.11 Å². The van der Waals surface area contributed by atoms with Gasteiger partial charge in [-0.3, -0.25) is 0 Å². The van der Waals surface area contributed by atoms with Gasteiger partial charge in [0.1, 0.15) is 5.75 Å².